The second-order valence-electron chi connectivity index (χ2n) is 4.61. The molecule has 17 heavy (non-hydrogen) atoms. The molecule has 2 aromatic heterocycles. The zero-order valence-electron chi connectivity index (χ0n) is 9.89. The van der Waals surface area contributed by atoms with E-state index in [9.17, 15) is 0 Å². The minimum Gasteiger partial charge on any atom is -0.379 e. The number of hydrogen-bond acceptors (Lipinski definition) is 8. The van der Waals surface area contributed by atoms with Gasteiger partial charge in [0.15, 0.2) is 11.5 Å². The monoisotopic (exact) mass is 238 g/mol. The third-order valence-corrected chi connectivity index (χ3v) is 1.96. The zero-order chi connectivity index (χ0) is 12.5. The second kappa shape index (κ2) is 4.13. The van der Waals surface area contributed by atoms with Crippen LogP contribution in [-0.2, 0) is 6.54 Å². The molecular formula is C9H14N6O2. The zero-order valence-corrected chi connectivity index (χ0v) is 9.89. The topological polar surface area (TPSA) is 116 Å². The molecule has 0 aromatic carbocycles. The van der Waals surface area contributed by atoms with Gasteiger partial charge < -0.3 is 15.6 Å². The van der Waals surface area contributed by atoms with Gasteiger partial charge in [0.05, 0.1) is 6.54 Å². The summed E-state index contributed by atoms with van der Waals surface area (Å²) in [6.45, 7) is 6.61. The number of nitrogen functional groups attached to an aromatic ring is 1. The van der Waals surface area contributed by atoms with E-state index in [0.29, 0.717) is 12.4 Å². The van der Waals surface area contributed by atoms with E-state index in [2.05, 4.69) is 30.4 Å². The highest BCUT2D eigenvalue weighted by atomic mass is 16.6. The molecular weight excluding hydrogens is 224 g/mol. The molecule has 0 radical (unpaired) electrons. The fraction of sp³-hybridized carbons (Fsp3) is 0.556. The number of hydrogen-bond donors (Lipinski definition) is 2. The summed E-state index contributed by atoms with van der Waals surface area (Å²) in [5.41, 5.74) is 5.78. The summed E-state index contributed by atoms with van der Waals surface area (Å²) in [6.07, 6.45) is 0. The number of anilines is 1. The SMILES string of the molecule is CC(C)(C)NCc1nc(-c2nonc2N)no1. The van der Waals surface area contributed by atoms with Crippen LogP contribution in [0.15, 0.2) is 9.15 Å². The standard InChI is InChI=1S/C9H14N6O2/c1-9(2,3)11-4-5-12-8(15-16-5)6-7(10)14-17-13-6/h11H,4H2,1-3H3,(H2,10,14). The van der Waals surface area contributed by atoms with Crippen LogP contribution in [0.4, 0.5) is 5.82 Å². The summed E-state index contributed by atoms with van der Waals surface area (Å²) in [4.78, 5) is 4.13. The van der Waals surface area contributed by atoms with Gasteiger partial charge in [0.1, 0.15) is 0 Å². The molecule has 8 nitrogen and oxygen atoms in total. The van der Waals surface area contributed by atoms with Crippen molar-refractivity contribution in [2.24, 2.45) is 0 Å². The van der Waals surface area contributed by atoms with Crippen LogP contribution >= 0.6 is 0 Å². The molecule has 3 N–H and O–H groups in total. The van der Waals surface area contributed by atoms with E-state index in [1.165, 1.54) is 0 Å². The molecule has 0 fully saturated rings. The number of nitrogens with zero attached hydrogens (tertiary/aromatic N) is 4. The van der Waals surface area contributed by atoms with Gasteiger partial charge in [0, 0.05) is 5.54 Å². The minimum absolute atomic E-state index is 0.0247. The number of nitrogens with one attached hydrogen (secondary N) is 1. The molecule has 0 bridgehead atoms. The van der Waals surface area contributed by atoms with E-state index >= 15 is 0 Å². The van der Waals surface area contributed by atoms with Crippen LogP contribution in [0.2, 0.25) is 0 Å². The van der Waals surface area contributed by atoms with Crippen LogP contribution in [0.25, 0.3) is 11.5 Å². The lowest BCUT2D eigenvalue weighted by Gasteiger charge is -2.18. The molecule has 92 valence electrons. The van der Waals surface area contributed by atoms with Crippen LogP contribution < -0.4 is 11.1 Å². The summed E-state index contributed by atoms with van der Waals surface area (Å²) in [5, 5.41) is 14.0. The van der Waals surface area contributed by atoms with Crippen LogP contribution in [0.5, 0.6) is 0 Å². The van der Waals surface area contributed by atoms with Crippen molar-refractivity contribution in [2.45, 2.75) is 32.9 Å². The highest BCUT2D eigenvalue weighted by Crippen LogP contribution is 2.18. The largest absolute Gasteiger partial charge is 0.379 e. The van der Waals surface area contributed by atoms with Crippen LogP contribution in [0.1, 0.15) is 26.7 Å². The molecule has 2 aromatic rings. The molecule has 0 spiro atoms. The van der Waals surface area contributed by atoms with Gasteiger partial charge in [0.25, 0.3) is 0 Å². The predicted octanol–water partition coefficient (Wildman–Crippen LogP) is 0.590. The fourth-order valence-corrected chi connectivity index (χ4v) is 1.11. The maximum atomic E-state index is 5.52. The van der Waals surface area contributed by atoms with Crippen molar-refractivity contribution in [1.82, 2.24) is 25.8 Å². The van der Waals surface area contributed by atoms with Crippen molar-refractivity contribution >= 4 is 5.82 Å². The first kappa shape index (κ1) is 11.5. The molecule has 0 unspecified atom stereocenters. The van der Waals surface area contributed by atoms with E-state index in [1.807, 2.05) is 20.8 Å². The second-order valence-corrected chi connectivity index (χ2v) is 4.61. The lowest BCUT2D eigenvalue weighted by molar-refractivity contribution is 0.309. The van der Waals surface area contributed by atoms with Crippen molar-refractivity contribution in [3.63, 3.8) is 0 Å². The minimum atomic E-state index is -0.0247. The maximum Gasteiger partial charge on any atom is 0.240 e. The summed E-state index contributed by atoms with van der Waals surface area (Å²) >= 11 is 0. The first-order valence-electron chi connectivity index (χ1n) is 5.12. The van der Waals surface area contributed by atoms with Crippen molar-refractivity contribution in [1.29, 1.82) is 0 Å². The normalized spacial score (nSPS) is 11.9. The van der Waals surface area contributed by atoms with Crippen LogP contribution in [0.3, 0.4) is 0 Å². The third-order valence-electron chi connectivity index (χ3n) is 1.96. The Bertz CT molecular complexity index is 498. The third kappa shape index (κ3) is 2.78. The van der Waals surface area contributed by atoms with E-state index in [0.717, 1.165) is 0 Å². The van der Waals surface area contributed by atoms with Crippen molar-refractivity contribution in [2.75, 3.05) is 5.73 Å². The average Bonchev–Trinajstić information content (AvgIpc) is 2.81. The van der Waals surface area contributed by atoms with Crippen LogP contribution in [0, 0.1) is 0 Å². The molecule has 0 aliphatic carbocycles. The molecule has 2 rings (SSSR count). The first-order valence-corrected chi connectivity index (χ1v) is 5.12. The number of nitrogens with two attached hydrogens (primary N) is 1. The van der Waals surface area contributed by atoms with Gasteiger partial charge in [-0.25, -0.2) is 4.63 Å². The molecule has 2 heterocycles. The summed E-state index contributed by atoms with van der Waals surface area (Å²) in [5.74, 6) is 0.868. The fourth-order valence-electron chi connectivity index (χ4n) is 1.11. The Morgan fingerprint density at radius 3 is 2.59 bits per heavy atom. The summed E-state index contributed by atoms with van der Waals surface area (Å²) in [6, 6.07) is 0. The Hall–Kier alpha value is -1.96. The van der Waals surface area contributed by atoms with Crippen molar-refractivity contribution < 1.29 is 9.15 Å². The molecule has 0 aliphatic rings. The van der Waals surface area contributed by atoms with E-state index < -0.39 is 0 Å². The highest BCUT2D eigenvalue weighted by Gasteiger charge is 2.17. The van der Waals surface area contributed by atoms with Crippen LogP contribution in [-0.4, -0.2) is 26.0 Å². The first-order chi connectivity index (χ1) is 7.96. The number of rotatable bonds is 3. The molecule has 0 saturated heterocycles. The quantitative estimate of drug-likeness (QED) is 0.798. The molecule has 0 amide bonds. The molecule has 0 atom stereocenters. The van der Waals surface area contributed by atoms with Gasteiger partial charge in [-0.1, -0.05) is 5.16 Å². The van der Waals surface area contributed by atoms with Crippen molar-refractivity contribution in [3.05, 3.63) is 5.89 Å². The molecule has 8 heteroatoms. The summed E-state index contributed by atoms with van der Waals surface area (Å²) in [7, 11) is 0. The maximum absolute atomic E-state index is 5.52. The lowest BCUT2D eigenvalue weighted by atomic mass is 10.1. The smallest absolute Gasteiger partial charge is 0.240 e. The van der Waals surface area contributed by atoms with E-state index in [1.54, 1.807) is 0 Å². The van der Waals surface area contributed by atoms with E-state index in [-0.39, 0.29) is 22.9 Å². The molecule has 0 saturated carbocycles. The van der Waals surface area contributed by atoms with Gasteiger partial charge in [0.2, 0.25) is 11.7 Å². The van der Waals surface area contributed by atoms with Gasteiger partial charge in [-0.2, -0.15) is 4.98 Å². The Morgan fingerprint density at radius 1 is 1.24 bits per heavy atom. The highest BCUT2D eigenvalue weighted by molar-refractivity contribution is 5.61. The van der Waals surface area contributed by atoms with Gasteiger partial charge in [-0.3, -0.25) is 0 Å². The summed E-state index contributed by atoms with van der Waals surface area (Å²) < 4.78 is 9.51. The number of aromatic nitrogens is 4. The Labute approximate surface area is 97.5 Å². The Kier molecular flexibility index (Phi) is 2.80. The molecule has 0 aliphatic heterocycles. The lowest BCUT2D eigenvalue weighted by Crippen LogP contribution is -2.35. The van der Waals surface area contributed by atoms with E-state index in [4.69, 9.17) is 10.3 Å². The van der Waals surface area contributed by atoms with Gasteiger partial charge >= 0.3 is 0 Å². The van der Waals surface area contributed by atoms with Crippen molar-refractivity contribution in [3.8, 4) is 11.5 Å². The Balaban J connectivity index is 2.09. The van der Waals surface area contributed by atoms with Gasteiger partial charge in [-0.05, 0) is 31.1 Å². The Morgan fingerprint density at radius 2 is 2.00 bits per heavy atom. The van der Waals surface area contributed by atoms with Gasteiger partial charge in [-0.15, -0.1) is 0 Å². The predicted molar refractivity (Wildman–Crippen MR) is 58.6 cm³/mol. The average molecular weight is 238 g/mol.